The summed E-state index contributed by atoms with van der Waals surface area (Å²) in [6, 6.07) is 8.82. The molecule has 10 heteroatoms. The molecule has 1 aliphatic heterocycles. The molecule has 2 heterocycles. The van der Waals surface area contributed by atoms with Crippen molar-refractivity contribution in [2.75, 3.05) is 27.9 Å². The van der Waals surface area contributed by atoms with Crippen LogP contribution in [0.2, 0.25) is 0 Å². The minimum absolute atomic E-state index is 0.00402. The van der Waals surface area contributed by atoms with E-state index in [0.717, 1.165) is 0 Å². The van der Waals surface area contributed by atoms with Crippen molar-refractivity contribution in [1.29, 1.82) is 0 Å². The molecule has 3 rings (SSSR count). The van der Waals surface area contributed by atoms with Crippen LogP contribution < -0.4 is 10.6 Å². The fourth-order valence-electron chi connectivity index (χ4n) is 2.60. The molecule has 2 aromatic rings. The molecule has 0 spiro atoms. The number of nitrogens with two attached hydrogens (primary N) is 1. The van der Waals surface area contributed by atoms with Gasteiger partial charge in [0, 0.05) is 5.69 Å². The van der Waals surface area contributed by atoms with Crippen LogP contribution in [-0.2, 0) is 14.6 Å². The van der Waals surface area contributed by atoms with Gasteiger partial charge in [0.05, 0.1) is 23.3 Å². The van der Waals surface area contributed by atoms with Crippen LogP contribution in [0.1, 0.15) is 6.42 Å². The van der Waals surface area contributed by atoms with Gasteiger partial charge < -0.3 is 10.6 Å². The van der Waals surface area contributed by atoms with E-state index in [9.17, 15) is 13.2 Å². The number of amides is 1. The highest BCUT2D eigenvalue weighted by Crippen LogP contribution is 2.28. The molecule has 1 aromatic carbocycles. The third-order valence-corrected chi connectivity index (χ3v) is 7.24. The Labute approximate surface area is 148 Å². The number of hydrogen-bond donors (Lipinski definition) is 1. The summed E-state index contributed by atoms with van der Waals surface area (Å²) in [6.45, 7) is 0. The minimum Gasteiger partial charge on any atom is -0.374 e. The lowest BCUT2D eigenvalue weighted by atomic mass is 10.2. The van der Waals surface area contributed by atoms with E-state index in [1.54, 1.807) is 4.90 Å². The van der Waals surface area contributed by atoms with Crippen molar-refractivity contribution in [2.24, 2.45) is 0 Å². The number of thioether (sulfide) groups is 1. The van der Waals surface area contributed by atoms with Gasteiger partial charge in [0.1, 0.15) is 0 Å². The Morgan fingerprint density at radius 3 is 2.67 bits per heavy atom. The van der Waals surface area contributed by atoms with Crippen molar-refractivity contribution in [3.05, 3.63) is 30.3 Å². The van der Waals surface area contributed by atoms with Gasteiger partial charge in [0.25, 0.3) is 0 Å². The fraction of sp³-hybridized carbons (Fsp3) is 0.357. The smallest absolute Gasteiger partial charge is 0.237 e. The number of hydrogen-bond acceptors (Lipinski definition) is 8. The molecule has 7 nitrogen and oxygen atoms in total. The van der Waals surface area contributed by atoms with Gasteiger partial charge >= 0.3 is 0 Å². The zero-order valence-corrected chi connectivity index (χ0v) is 15.1. The molecule has 1 aromatic heterocycles. The molecule has 1 atom stereocenters. The van der Waals surface area contributed by atoms with E-state index in [4.69, 9.17) is 5.73 Å². The number of rotatable bonds is 5. The second-order valence-corrected chi connectivity index (χ2v) is 9.81. The molecule has 1 aliphatic rings. The topological polar surface area (TPSA) is 106 Å². The Kier molecular flexibility index (Phi) is 5.07. The number of nitrogen functional groups attached to an aromatic ring is 1. The van der Waals surface area contributed by atoms with Crippen LogP contribution in [0.15, 0.2) is 34.7 Å². The van der Waals surface area contributed by atoms with Crippen molar-refractivity contribution in [2.45, 2.75) is 16.8 Å². The first-order chi connectivity index (χ1) is 11.4. The molecule has 0 aliphatic carbocycles. The molecule has 1 fully saturated rings. The van der Waals surface area contributed by atoms with E-state index >= 15 is 0 Å². The lowest BCUT2D eigenvalue weighted by Crippen LogP contribution is -2.42. The molecule has 128 valence electrons. The van der Waals surface area contributed by atoms with Gasteiger partial charge in [-0.1, -0.05) is 41.3 Å². The summed E-state index contributed by atoms with van der Waals surface area (Å²) in [5, 5.41) is 7.95. The molecule has 1 amide bonds. The largest absolute Gasteiger partial charge is 0.374 e. The van der Waals surface area contributed by atoms with Crippen molar-refractivity contribution in [1.82, 2.24) is 10.2 Å². The van der Waals surface area contributed by atoms with Crippen LogP contribution in [0, 0.1) is 0 Å². The van der Waals surface area contributed by atoms with Crippen molar-refractivity contribution in [3.8, 4) is 0 Å². The minimum atomic E-state index is -3.08. The summed E-state index contributed by atoms with van der Waals surface area (Å²) in [7, 11) is -3.08. The summed E-state index contributed by atoms with van der Waals surface area (Å²) in [5.41, 5.74) is 6.24. The predicted octanol–water partition coefficient (Wildman–Crippen LogP) is 1.43. The zero-order chi connectivity index (χ0) is 17.2. The maximum absolute atomic E-state index is 12.8. The van der Waals surface area contributed by atoms with Gasteiger partial charge in [0.2, 0.25) is 11.0 Å². The van der Waals surface area contributed by atoms with Gasteiger partial charge in [-0.05, 0) is 18.6 Å². The summed E-state index contributed by atoms with van der Waals surface area (Å²) in [6.07, 6.45) is 0.458. The first-order valence-corrected chi connectivity index (χ1v) is 10.9. The van der Waals surface area contributed by atoms with E-state index in [2.05, 4.69) is 10.2 Å². The maximum Gasteiger partial charge on any atom is 0.237 e. The fourth-order valence-corrected chi connectivity index (χ4v) is 5.79. The van der Waals surface area contributed by atoms with E-state index in [1.807, 2.05) is 30.3 Å². The molecule has 2 N–H and O–H groups in total. The number of carbonyl (C=O) groups excluding carboxylic acids is 1. The van der Waals surface area contributed by atoms with E-state index in [1.165, 1.54) is 23.1 Å². The molecule has 0 saturated carbocycles. The Morgan fingerprint density at radius 2 is 2.08 bits per heavy atom. The van der Waals surface area contributed by atoms with Crippen LogP contribution in [0.3, 0.4) is 0 Å². The number of aromatic nitrogens is 2. The predicted molar refractivity (Wildman–Crippen MR) is 96.0 cm³/mol. The third-order valence-electron chi connectivity index (χ3n) is 3.62. The van der Waals surface area contributed by atoms with Gasteiger partial charge in [-0.3, -0.25) is 4.79 Å². The van der Waals surface area contributed by atoms with Gasteiger partial charge in [0.15, 0.2) is 14.2 Å². The standard InChI is InChI=1S/C14H16N4O3S3/c15-13-16-17-14(23-13)22-8-12(19)18(10-4-2-1-3-5-10)11-6-7-24(20,21)9-11/h1-5,11H,6-9H2,(H2,15,16). The lowest BCUT2D eigenvalue weighted by Gasteiger charge is -2.28. The quantitative estimate of drug-likeness (QED) is 0.777. The average molecular weight is 385 g/mol. The van der Waals surface area contributed by atoms with Gasteiger partial charge in [-0.15, -0.1) is 10.2 Å². The Hall–Kier alpha value is -1.65. The maximum atomic E-state index is 12.8. The highest BCUT2D eigenvalue weighted by atomic mass is 32.2. The first-order valence-electron chi connectivity index (χ1n) is 7.24. The summed E-state index contributed by atoms with van der Waals surface area (Å²) < 4.78 is 24.2. The molecule has 1 saturated heterocycles. The normalized spacial score (nSPS) is 19.2. The molecule has 0 radical (unpaired) electrons. The molecule has 24 heavy (non-hydrogen) atoms. The molecular formula is C14H16N4O3S3. The Balaban J connectivity index is 1.77. The number of nitrogens with zero attached hydrogens (tertiary/aromatic N) is 3. The van der Waals surface area contributed by atoms with E-state index in [-0.39, 0.29) is 29.2 Å². The number of anilines is 2. The van der Waals surface area contributed by atoms with Crippen LogP contribution in [-0.4, -0.2) is 47.8 Å². The van der Waals surface area contributed by atoms with Crippen LogP contribution in [0.5, 0.6) is 0 Å². The van der Waals surface area contributed by atoms with Crippen molar-refractivity contribution in [3.63, 3.8) is 0 Å². The molecule has 0 bridgehead atoms. The molecule has 1 unspecified atom stereocenters. The first kappa shape index (κ1) is 17.2. The summed E-state index contributed by atoms with van der Waals surface area (Å²) >= 11 is 2.48. The van der Waals surface area contributed by atoms with Gasteiger partial charge in [-0.25, -0.2) is 8.42 Å². The summed E-state index contributed by atoms with van der Waals surface area (Å²) in [5.74, 6) is 0.125. The average Bonchev–Trinajstić information content (AvgIpc) is 3.12. The van der Waals surface area contributed by atoms with E-state index in [0.29, 0.717) is 21.6 Å². The second kappa shape index (κ2) is 7.08. The Morgan fingerprint density at radius 1 is 1.33 bits per heavy atom. The highest BCUT2D eigenvalue weighted by molar-refractivity contribution is 8.01. The summed E-state index contributed by atoms with van der Waals surface area (Å²) in [4.78, 5) is 14.4. The van der Waals surface area contributed by atoms with Crippen LogP contribution in [0.25, 0.3) is 0 Å². The zero-order valence-electron chi connectivity index (χ0n) is 12.7. The van der Waals surface area contributed by atoms with Crippen LogP contribution >= 0.6 is 23.1 Å². The number of benzene rings is 1. The SMILES string of the molecule is Nc1nnc(SCC(=O)N(c2ccccc2)C2CCS(=O)(=O)C2)s1. The van der Waals surface area contributed by atoms with Crippen LogP contribution in [0.4, 0.5) is 10.8 Å². The second-order valence-electron chi connectivity index (χ2n) is 5.35. The van der Waals surface area contributed by atoms with Gasteiger partial charge in [-0.2, -0.15) is 0 Å². The number of sulfone groups is 1. The van der Waals surface area contributed by atoms with E-state index < -0.39 is 9.84 Å². The lowest BCUT2D eigenvalue weighted by molar-refractivity contribution is -0.116. The van der Waals surface area contributed by atoms with Crippen molar-refractivity contribution >= 4 is 49.7 Å². The number of para-hydroxylation sites is 1. The molecular weight excluding hydrogens is 368 g/mol. The van der Waals surface area contributed by atoms with Crippen molar-refractivity contribution < 1.29 is 13.2 Å². The monoisotopic (exact) mass is 384 g/mol. The number of carbonyl (C=O) groups is 1. The highest BCUT2D eigenvalue weighted by Gasteiger charge is 2.35. The Bertz CT molecular complexity index is 823. The third kappa shape index (κ3) is 4.05.